The van der Waals surface area contributed by atoms with Crippen LogP contribution in [0.3, 0.4) is 0 Å². The summed E-state index contributed by atoms with van der Waals surface area (Å²) >= 11 is 0. The van der Waals surface area contributed by atoms with E-state index in [1.54, 1.807) is 4.90 Å². The molecule has 7 heteroatoms. The van der Waals surface area contributed by atoms with E-state index in [9.17, 15) is 18.8 Å². The molecule has 2 aliphatic rings. The van der Waals surface area contributed by atoms with Gasteiger partial charge in [-0.25, -0.2) is 4.39 Å². The van der Waals surface area contributed by atoms with Crippen LogP contribution in [0.1, 0.15) is 42.5 Å². The van der Waals surface area contributed by atoms with E-state index in [0.717, 1.165) is 0 Å². The van der Waals surface area contributed by atoms with Gasteiger partial charge in [-0.15, -0.1) is 0 Å². The van der Waals surface area contributed by atoms with Crippen molar-refractivity contribution in [3.8, 4) is 0 Å². The molecule has 0 saturated carbocycles. The number of ketones is 1. The second kappa shape index (κ2) is 9.78. The minimum absolute atomic E-state index is 0.0118. The summed E-state index contributed by atoms with van der Waals surface area (Å²) in [4.78, 5) is 40.7. The highest BCUT2D eigenvalue weighted by Crippen LogP contribution is 2.21. The average Bonchev–Trinajstić information content (AvgIpc) is 2.74. The number of nitrogens with zero attached hydrogens (tertiary/aromatic N) is 2. The molecule has 2 aliphatic heterocycles. The number of carbonyl (C=O) groups is 3. The molecule has 2 amide bonds. The molecule has 28 heavy (non-hydrogen) atoms. The number of hydrogen-bond acceptors (Lipinski definition) is 4. The van der Waals surface area contributed by atoms with Crippen molar-refractivity contribution >= 4 is 17.6 Å². The van der Waals surface area contributed by atoms with Crippen LogP contribution in [0.2, 0.25) is 0 Å². The van der Waals surface area contributed by atoms with Gasteiger partial charge >= 0.3 is 0 Å². The van der Waals surface area contributed by atoms with Crippen LogP contribution >= 0.6 is 0 Å². The summed E-state index contributed by atoms with van der Waals surface area (Å²) in [7, 11) is 0. The highest BCUT2D eigenvalue weighted by molar-refractivity contribution is 5.96. The molecule has 2 heterocycles. The molecule has 2 saturated heterocycles. The summed E-state index contributed by atoms with van der Waals surface area (Å²) in [6, 6.07) is 5.47. The van der Waals surface area contributed by atoms with Crippen LogP contribution in [0, 0.1) is 11.7 Å². The number of hydrogen-bond donors (Lipinski definition) is 0. The highest BCUT2D eigenvalue weighted by atomic mass is 19.1. The SMILES string of the molecule is O=C(CCCC(=O)N1CCC(C(=O)N2CCOCC2)CC1)c1ccc(F)cc1. The van der Waals surface area contributed by atoms with E-state index >= 15 is 0 Å². The zero-order valence-corrected chi connectivity index (χ0v) is 16.1. The smallest absolute Gasteiger partial charge is 0.225 e. The van der Waals surface area contributed by atoms with E-state index in [1.165, 1.54) is 24.3 Å². The maximum absolute atomic E-state index is 12.9. The molecule has 0 N–H and O–H groups in total. The highest BCUT2D eigenvalue weighted by Gasteiger charge is 2.30. The summed E-state index contributed by atoms with van der Waals surface area (Å²) in [6.45, 7) is 3.68. The normalized spacial score (nSPS) is 18.2. The Bertz CT molecular complexity index is 693. The van der Waals surface area contributed by atoms with Gasteiger partial charge in [0.2, 0.25) is 11.8 Å². The largest absolute Gasteiger partial charge is 0.378 e. The molecule has 0 spiro atoms. The van der Waals surface area contributed by atoms with Crippen molar-refractivity contribution in [2.24, 2.45) is 5.92 Å². The average molecular weight is 390 g/mol. The van der Waals surface area contributed by atoms with Crippen LogP contribution < -0.4 is 0 Å². The Hall–Kier alpha value is -2.28. The molecule has 1 aromatic rings. The number of likely N-dealkylation sites (tertiary alicyclic amines) is 1. The molecule has 0 radical (unpaired) electrons. The van der Waals surface area contributed by atoms with E-state index in [0.29, 0.717) is 70.6 Å². The number of amides is 2. The summed E-state index contributed by atoms with van der Waals surface area (Å²) in [5.74, 6) is -0.253. The van der Waals surface area contributed by atoms with Gasteiger partial charge in [0.1, 0.15) is 5.82 Å². The van der Waals surface area contributed by atoms with Gasteiger partial charge < -0.3 is 14.5 Å². The van der Waals surface area contributed by atoms with Gasteiger partial charge in [-0.3, -0.25) is 14.4 Å². The third-order valence-electron chi connectivity index (χ3n) is 5.48. The zero-order chi connectivity index (χ0) is 19.9. The van der Waals surface area contributed by atoms with Crippen molar-refractivity contribution in [2.45, 2.75) is 32.1 Å². The second-order valence-electron chi connectivity index (χ2n) is 7.38. The van der Waals surface area contributed by atoms with Crippen LogP contribution in [0.15, 0.2) is 24.3 Å². The van der Waals surface area contributed by atoms with Crippen LogP contribution in [-0.4, -0.2) is 66.8 Å². The lowest BCUT2D eigenvalue weighted by molar-refractivity contribution is -0.143. The van der Waals surface area contributed by atoms with Gasteiger partial charge in [0.25, 0.3) is 0 Å². The summed E-state index contributed by atoms with van der Waals surface area (Å²) < 4.78 is 18.2. The van der Waals surface area contributed by atoms with Crippen LogP contribution in [0.5, 0.6) is 0 Å². The molecular formula is C21H27FN2O4. The molecule has 0 bridgehead atoms. The fourth-order valence-electron chi connectivity index (χ4n) is 3.76. The van der Waals surface area contributed by atoms with Gasteiger partial charge in [0, 0.05) is 50.5 Å². The third-order valence-corrected chi connectivity index (χ3v) is 5.48. The van der Waals surface area contributed by atoms with Gasteiger partial charge in [0.15, 0.2) is 5.78 Å². The van der Waals surface area contributed by atoms with E-state index < -0.39 is 0 Å². The number of benzene rings is 1. The van der Waals surface area contributed by atoms with Crippen molar-refractivity contribution in [1.29, 1.82) is 0 Å². The maximum Gasteiger partial charge on any atom is 0.225 e. The molecule has 0 aromatic heterocycles. The minimum atomic E-state index is -0.373. The maximum atomic E-state index is 12.9. The second-order valence-corrected chi connectivity index (χ2v) is 7.38. The first-order valence-electron chi connectivity index (χ1n) is 9.97. The molecule has 3 rings (SSSR count). The number of rotatable bonds is 6. The van der Waals surface area contributed by atoms with Gasteiger partial charge in [-0.05, 0) is 43.5 Å². The van der Waals surface area contributed by atoms with Gasteiger partial charge in [-0.1, -0.05) is 0 Å². The topological polar surface area (TPSA) is 66.9 Å². The summed E-state index contributed by atoms with van der Waals surface area (Å²) in [6.07, 6.45) is 2.44. The molecular weight excluding hydrogens is 363 g/mol. The molecule has 2 fully saturated rings. The Morgan fingerprint density at radius 2 is 1.57 bits per heavy atom. The number of ether oxygens (including phenoxy) is 1. The Labute approximate surface area is 164 Å². The summed E-state index contributed by atoms with van der Waals surface area (Å²) in [5, 5.41) is 0. The number of Topliss-reactive ketones (excluding diaryl/α,β-unsaturated/α-hetero) is 1. The lowest BCUT2D eigenvalue weighted by Crippen LogP contribution is -2.47. The van der Waals surface area contributed by atoms with E-state index in [1.807, 2.05) is 4.90 Å². The summed E-state index contributed by atoms with van der Waals surface area (Å²) in [5.41, 5.74) is 0.469. The minimum Gasteiger partial charge on any atom is -0.378 e. The Kier molecular flexibility index (Phi) is 7.14. The van der Waals surface area contributed by atoms with Crippen molar-refractivity contribution in [1.82, 2.24) is 9.80 Å². The molecule has 0 atom stereocenters. The predicted octanol–water partition coefficient (Wildman–Crippen LogP) is 2.28. The third kappa shape index (κ3) is 5.38. The number of halogens is 1. The fraction of sp³-hybridized carbons (Fsp3) is 0.571. The Morgan fingerprint density at radius 3 is 2.21 bits per heavy atom. The molecule has 0 unspecified atom stereocenters. The zero-order valence-electron chi connectivity index (χ0n) is 16.1. The first-order valence-corrected chi connectivity index (χ1v) is 9.97. The molecule has 1 aromatic carbocycles. The van der Waals surface area contributed by atoms with Crippen LogP contribution in [-0.2, 0) is 14.3 Å². The Morgan fingerprint density at radius 1 is 0.929 bits per heavy atom. The monoisotopic (exact) mass is 390 g/mol. The number of carbonyl (C=O) groups excluding carboxylic acids is 3. The van der Waals surface area contributed by atoms with Crippen LogP contribution in [0.4, 0.5) is 4.39 Å². The quantitative estimate of drug-likeness (QED) is 0.699. The first kappa shape index (κ1) is 20.5. The lowest BCUT2D eigenvalue weighted by Gasteiger charge is -2.35. The van der Waals surface area contributed by atoms with Crippen LogP contribution in [0.25, 0.3) is 0 Å². The van der Waals surface area contributed by atoms with Gasteiger partial charge in [0.05, 0.1) is 13.2 Å². The number of morpholine rings is 1. The molecule has 152 valence electrons. The van der Waals surface area contributed by atoms with Crippen molar-refractivity contribution in [3.63, 3.8) is 0 Å². The van der Waals surface area contributed by atoms with E-state index in [4.69, 9.17) is 4.74 Å². The standard InChI is InChI=1S/C21H27FN2O4/c22-18-6-4-16(5-7-18)19(25)2-1-3-20(26)23-10-8-17(9-11-23)21(27)24-12-14-28-15-13-24/h4-7,17H,1-3,8-15H2. The molecule has 6 nitrogen and oxygen atoms in total. The fourth-order valence-corrected chi connectivity index (χ4v) is 3.76. The van der Waals surface area contributed by atoms with Crippen molar-refractivity contribution in [3.05, 3.63) is 35.6 Å². The number of piperidine rings is 1. The van der Waals surface area contributed by atoms with Gasteiger partial charge in [-0.2, -0.15) is 0 Å². The first-order chi connectivity index (χ1) is 13.5. The predicted molar refractivity (Wildman–Crippen MR) is 101 cm³/mol. The van der Waals surface area contributed by atoms with Crippen molar-refractivity contribution in [2.75, 3.05) is 39.4 Å². The van der Waals surface area contributed by atoms with E-state index in [2.05, 4.69) is 0 Å². The Balaban J connectivity index is 1.37. The van der Waals surface area contributed by atoms with E-state index in [-0.39, 0.29) is 35.8 Å². The molecule has 0 aliphatic carbocycles. The van der Waals surface area contributed by atoms with Crippen molar-refractivity contribution < 1.29 is 23.5 Å². The lowest BCUT2D eigenvalue weighted by atomic mass is 9.94.